The highest BCUT2D eigenvalue weighted by Gasteiger charge is 2.24. The van der Waals surface area contributed by atoms with E-state index in [1.165, 1.54) is 24.1 Å². The summed E-state index contributed by atoms with van der Waals surface area (Å²) in [6.45, 7) is 7.51. The molecule has 4 nitrogen and oxygen atoms in total. The van der Waals surface area contributed by atoms with Crippen LogP contribution in [0, 0.1) is 0 Å². The molecule has 21 heavy (non-hydrogen) atoms. The van der Waals surface area contributed by atoms with Crippen LogP contribution in [0.3, 0.4) is 0 Å². The van der Waals surface area contributed by atoms with Crippen LogP contribution in [0.15, 0.2) is 22.7 Å². The van der Waals surface area contributed by atoms with Crippen molar-refractivity contribution in [2.24, 2.45) is 0 Å². The van der Waals surface area contributed by atoms with Gasteiger partial charge in [0.2, 0.25) is 0 Å². The first kappa shape index (κ1) is 14.4. The lowest BCUT2D eigenvalue weighted by Gasteiger charge is -2.32. The molecule has 3 heterocycles. The minimum atomic E-state index is 0.580. The highest BCUT2D eigenvalue weighted by Crippen LogP contribution is 2.29. The molecule has 2 aromatic rings. The van der Waals surface area contributed by atoms with Crippen LogP contribution in [0.4, 0.5) is 0 Å². The van der Waals surface area contributed by atoms with Gasteiger partial charge in [0.25, 0.3) is 0 Å². The molecule has 0 saturated carbocycles. The molecule has 0 aliphatic carbocycles. The largest absolute Gasteiger partial charge is 0.465 e. The van der Waals surface area contributed by atoms with Gasteiger partial charge in [-0.3, -0.25) is 10.00 Å². The van der Waals surface area contributed by atoms with E-state index in [1.807, 2.05) is 6.20 Å². The highest BCUT2D eigenvalue weighted by atomic mass is 16.3. The van der Waals surface area contributed by atoms with E-state index in [0.29, 0.717) is 5.92 Å². The van der Waals surface area contributed by atoms with Gasteiger partial charge in [0, 0.05) is 24.6 Å². The number of likely N-dealkylation sites (tertiary alicyclic amines) is 1. The van der Waals surface area contributed by atoms with Gasteiger partial charge >= 0.3 is 0 Å². The first-order chi connectivity index (χ1) is 10.3. The Labute approximate surface area is 126 Å². The van der Waals surface area contributed by atoms with Crippen LogP contribution in [0.2, 0.25) is 0 Å². The maximum atomic E-state index is 5.84. The van der Waals surface area contributed by atoms with Crippen molar-refractivity contribution >= 4 is 0 Å². The van der Waals surface area contributed by atoms with Gasteiger partial charge in [-0.05, 0) is 43.5 Å². The maximum absolute atomic E-state index is 5.84. The minimum absolute atomic E-state index is 0.580. The molecule has 1 saturated heterocycles. The third-order valence-electron chi connectivity index (χ3n) is 4.49. The average molecular weight is 287 g/mol. The van der Waals surface area contributed by atoms with Gasteiger partial charge in [-0.1, -0.05) is 13.8 Å². The second-order valence-corrected chi connectivity index (χ2v) is 5.96. The van der Waals surface area contributed by atoms with Crippen LogP contribution in [-0.2, 0) is 19.4 Å². The van der Waals surface area contributed by atoms with Crippen molar-refractivity contribution < 1.29 is 4.42 Å². The number of nitrogens with one attached hydrogen (secondary N) is 1. The Bertz CT molecular complexity index is 572. The molecular formula is C17H25N3O. The van der Waals surface area contributed by atoms with Gasteiger partial charge in [0.15, 0.2) is 0 Å². The van der Waals surface area contributed by atoms with Crippen LogP contribution < -0.4 is 0 Å². The second-order valence-electron chi connectivity index (χ2n) is 5.96. The molecule has 1 atom stereocenters. The smallest absolute Gasteiger partial charge is 0.118 e. The molecule has 1 fully saturated rings. The molecule has 4 heteroatoms. The van der Waals surface area contributed by atoms with Gasteiger partial charge < -0.3 is 4.42 Å². The molecule has 0 bridgehead atoms. The second kappa shape index (κ2) is 6.48. The van der Waals surface area contributed by atoms with E-state index < -0.39 is 0 Å². The van der Waals surface area contributed by atoms with Crippen molar-refractivity contribution in [2.75, 3.05) is 13.1 Å². The number of aromatic amines is 1. The molecule has 0 spiro atoms. The van der Waals surface area contributed by atoms with Gasteiger partial charge in [-0.2, -0.15) is 5.10 Å². The Balaban J connectivity index is 1.65. The van der Waals surface area contributed by atoms with Crippen molar-refractivity contribution in [2.45, 2.75) is 52.0 Å². The van der Waals surface area contributed by atoms with Crippen molar-refractivity contribution in [1.82, 2.24) is 15.1 Å². The Kier molecular flexibility index (Phi) is 4.44. The molecule has 0 aromatic carbocycles. The average Bonchev–Trinajstić information content (AvgIpc) is 3.15. The number of rotatable bonds is 5. The lowest BCUT2D eigenvalue weighted by Crippen LogP contribution is -2.34. The van der Waals surface area contributed by atoms with Gasteiger partial charge in [-0.25, -0.2) is 0 Å². The molecule has 0 unspecified atom stereocenters. The molecule has 114 valence electrons. The van der Waals surface area contributed by atoms with E-state index >= 15 is 0 Å². The molecule has 0 amide bonds. The number of piperidine rings is 1. The summed E-state index contributed by atoms with van der Waals surface area (Å²) >= 11 is 0. The lowest BCUT2D eigenvalue weighted by molar-refractivity contribution is 0.184. The Morgan fingerprint density at radius 1 is 1.29 bits per heavy atom. The number of hydrogen-bond donors (Lipinski definition) is 1. The monoisotopic (exact) mass is 287 g/mol. The zero-order valence-corrected chi connectivity index (χ0v) is 13.1. The van der Waals surface area contributed by atoms with E-state index in [0.717, 1.165) is 44.0 Å². The van der Waals surface area contributed by atoms with E-state index in [1.54, 1.807) is 0 Å². The number of furan rings is 1. The predicted molar refractivity (Wildman–Crippen MR) is 83.3 cm³/mol. The van der Waals surface area contributed by atoms with Crippen LogP contribution in [0.1, 0.15) is 55.4 Å². The summed E-state index contributed by atoms with van der Waals surface area (Å²) in [6, 6.07) is 4.22. The minimum Gasteiger partial charge on any atom is -0.465 e. The van der Waals surface area contributed by atoms with E-state index in [9.17, 15) is 0 Å². The van der Waals surface area contributed by atoms with Gasteiger partial charge in [-0.15, -0.1) is 0 Å². The summed E-state index contributed by atoms with van der Waals surface area (Å²) in [4.78, 5) is 2.51. The third kappa shape index (κ3) is 3.21. The number of hydrogen-bond acceptors (Lipinski definition) is 3. The number of aromatic nitrogens is 2. The first-order valence-electron chi connectivity index (χ1n) is 8.12. The zero-order chi connectivity index (χ0) is 14.7. The maximum Gasteiger partial charge on any atom is 0.118 e. The lowest BCUT2D eigenvalue weighted by atomic mass is 9.92. The number of aryl methyl sites for hydroxylation is 2. The van der Waals surface area contributed by atoms with Gasteiger partial charge in [0.1, 0.15) is 11.5 Å². The molecule has 3 rings (SSSR count). The van der Waals surface area contributed by atoms with Crippen LogP contribution in [-0.4, -0.2) is 28.2 Å². The predicted octanol–water partition coefficient (Wildman–Crippen LogP) is 3.51. The normalized spacial score (nSPS) is 20.0. The zero-order valence-electron chi connectivity index (χ0n) is 13.1. The van der Waals surface area contributed by atoms with E-state index in [2.05, 4.69) is 41.1 Å². The van der Waals surface area contributed by atoms with E-state index in [-0.39, 0.29) is 0 Å². The highest BCUT2D eigenvalue weighted by molar-refractivity contribution is 5.21. The molecule has 1 aliphatic rings. The SMILES string of the molecule is CCc1ccc(CN2CCC[C@@H](c3[nH]ncc3CC)C2)o1. The first-order valence-corrected chi connectivity index (χ1v) is 8.12. The molecule has 0 radical (unpaired) electrons. The summed E-state index contributed by atoms with van der Waals surface area (Å²) in [5.41, 5.74) is 2.71. The number of H-pyrrole nitrogens is 1. The third-order valence-corrected chi connectivity index (χ3v) is 4.49. The standard InChI is InChI=1S/C17H25N3O/c1-3-13-10-18-19-17(13)14-6-5-9-20(11-14)12-16-8-7-15(4-2)21-16/h7-8,10,14H,3-6,9,11-12H2,1-2H3,(H,18,19)/t14-/m1/s1. The van der Waals surface area contributed by atoms with E-state index in [4.69, 9.17) is 4.42 Å². The van der Waals surface area contributed by atoms with Crippen molar-refractivity contribution in [3.05, 3.63) is 41.1 Å². The fourth-order valence-corrected chi connectivity index (χ4v) is 3.31. The van der Waals surface area contributed by atoms with Crippen LogP contribution >= 0.6 is 0 Å². The summed E-state index contributed by atoms with van der Waals surface area (Å²) in [7, 11) is 0. The summed E-state index contributed by atoms with van der Waals surface area (Å²) in [6.07, 6.45) is 6.50. The Hall–Kier alpha value is -1.55. The fourth-order valence-electron chi connectivity index (χ4n) is 3.31. The fraction of sp³-hybridized carbons (Fsp3) is 0.588. The Morgan fingerprint density at radius 2 is 2.14 bits per heavy atom. The van der Waals surface area contributed by atoms with Crippen LogP contribution in [0.5, 0.6) is 0 Å². The quantitative estimate of drug-likeness (QED) is 0.915. The summed E-state index contributed by atoms with van der Waals surface area (Å²) in [5, 5.41) is 7.45. The van der Waals surface area contributed by atoms with Crippen molar-refractivity contribution in [1.29, 1.82) is 0 Å². The number of nitrogens with zero attached hydrogens (tertiary/aromatic N) is 2. The molecular weight excluding hydrogens is 262 g/mol. The summed E-state index contributed by atoms with van der Waals surface area (Å²) in [5.74, 6) is 2.75. The van der Waals surface area contributed by atoms with Crippen molar-refractivity contribution in [3.8, 4) is 0 Å². The molecule has 2 aromatic heterocycles. The van der Waals surface area contributed by atoms with Crippen molar-refractivity contribution in [3.63, 3.8) is 0 Å². The van der Waals surface area contributed by atoms with Crippen LogP contribution in [0.25, 0.3) is 0 Å². The molecule has 1 aliphatic heterocycles. The topological polar surface area (TPSA) is 45.1 Å². The Morgan fingerprint density at radius 3 is 2.90 bits per heavy atom. The summed E-state index contributed by atoms with van der Waals surface area (Å²) < 4.78 is 5.84. The van der Waals surface area contributed by atoms with Gasteiger partial charge in [0.05, 0.1) is 12.7 Å². The molecule has 1 N–H and O–H groups in total.